The van der Waals surface area contributed by atoms with Crippen LogP contribution in [0.15, 0.2) is 36.7 Å². The largest absolute Gasteiger partial charge is 0.383 e. The molecule has 0 saturated heterocycles. The molecule has 0 aliphatic heterocycles. The Balaban J connectivity index is 2.13. The third kappa shape index (κ3) is 4.05. The summed E-state index contributed by atoms with van der Waals surface area (Å²) in [6, 6.07) is 7.91. The Morgan fingerprint density at radius 2 is 1.95 bits per heavy atom. The van der Waals surface area contributed by atoms with Gasteiger partial charge in [-0.1, -0.05) is 18.2 Å². The molecule has 0 atom stereocenters. The number of para-hydroxylation sites is 1. The lowest BCUT2D eigenvalue weighted by Gasteiger charge is -2.13. The van der Waals surface area contributed by atoms with E-state index in [1.807, 2.05) is 32.0 Å². The maximum atomic E-state index is 12.0. The lowest BCUT2D eigenvalue weighted by molar-refractivity contribution is 0.0937. The van der Waals surface area contributed by atoms with Gasteiger partial charge >= 0.3 is 0 Å². The monoisotopic (exact) mass is 299 g/mol. The summed E-state index contributed by atoms with van der Waals surface area (Å²) >= 11 is 0. The van der Waals surface area contributed by atoms with Crippen molar-refractivity contribution >= 4 is 17.3 Å². The van der Waals surface area contributed by atoms with E-state index in [0.717, 1.165) is 22.5 Å². The summed E-state index contributed by atoms with van der Waals surface area (Å²) in [5.41, 5.74) is 4.65. The average Bonchev–Trinajstić information content (AvgIpc) is 2.51. The first-order valence-electron chi connectivity index (χ1n) is 7.17. The molecule has 5 heteroatoms. The number of ether oxygens (including phenoxy) is 1. The molecule has 2 N–H and O–H groups in total. The van der Waals surface area contributed by atoms with E-state index in [4.69, 9.17) is 4.74 Å². The van der Waals surface area contributed by atoms with Crippen molar-refractivity contribution in [2.45, 2.75) is 13.8 Å². The smallest absolute Gasteiger partial charge is 0.253 e. The topological polar surface area (TPSA) is 63.2 Å². The molecule has 0 saturated carbocycles. The summed E-state index contributed by atoms with van der Waals surface area (Å²) < 4.78 is 4.91. The number of nitrogens with zero attached hydrogens (tertiary/aromatic N) is 1. The first kappa shape index (κ1) is 16.0. The number of pyridine rings is 1. The Labute approximate surface area is 130 Å². The van der Waals surface area contributed by atoms with Gasteiger partial charge in [-0.05, 0) is 31.0 Å². The minimum absolute atomic E-state index is 0.158. The van der Waals surface area contributed by atoms with Crippen LogP contribution in [0.5, 0.6) is 0 Å². The number of methoxy groups -OCH3 is 1. The van der Waals surface area contributed by atoms with Crippen LogP contribution in [-0.2, 0) is 4.74 Å². The second-order valence-electron chi connectivity index (χ2n) is 5.10. The highest BCUT2D eigenvalue weighted by Gasteiger charge is 2.08. The minimum atomic E-state index is -0.158. The number of carbonyl (C=O) groups is 1. The number of aryl methyl sites for hydroxylation is 2. The van der Waals surface area contributed by atoms with Crippen LogP contribution in [-0.4, -0.2) is 31.2 Å². The number of benzene rings is 1. The second kappa shape index (κ2) is 7.56. The fraction of sp³-hybridized carbons (Fsp3) is 0.294. The standard InChI is InChI=1S/C17H21N3O2/c1-12-5-4-6-13(2)16(12)20-15-9-14(10-18-11-15)17(21)19-7-8-22-3/h4-6,9-11,20H,7-8H2,1-3H3,(H,19,21). The zero-order valence-corrected chi connectivity index (χ0v) is 13.1. The van der Waals surface area contributed by atoms with Crippen molar-refractivity contribution in [3.63, 3.8) is 0 Å². The lowest BCUT2D eigenvalue weighted by atomic mass is 10.1. The molecule has 0 bridgehead atoms. The number of hydrogen-bond donors (Lipinski definition) is 2. The number of rotatable bonds is 6. The van der Waals surface area contributed by atoms with Crippen LogP contribution in [0.25, 0.3) is 0 Å². The first-order valence-corrected chi connectivity index (χ1v) is 7.17. The van der Waals surface area contributed by atoms with Crippen LogP contribution in [0.3, 0.4) is 0 Å². The summed E-state index contributed by atoms with van der Waals surface area (Å²) in [4.78, 5) is 16.2. The van der Waals surface area contributed by atoms with Gasteiger partial charge in [0.2, 0.25) is 0 Å². The lowest BCUT2D eigenvalue weighted by Crippen LogP contribution is -2.27. The normalized spacial score (nSPS) is 10.3. The Bertz CT molecular complexity index is 636. The van der Waals surface area contributed by atoms with Gasteiger partial charge in [0.1, 0.15) is 0 Å². The van der Waals surface area contributed by atoms with Gasteiger partial charge < -0.3 is 15.4 Å². The molecule has 1 amide bonds. The van der Waals surface area contributed by atoms with Crippen LogP contribution < -0.4 is 10.6 Å². The van der Waals surface area contributed by atoms with Gasteiger partial charge in [0, 0.05) is 25.5 Å². The molecule has 22 heavy (non-hydrogen) atoms. The van der Waals surface area contributed by atoms with Gasteiger partial charge in [0.05, 0.1) is 24.1 Å². The molecule has 5 nitrogen and oxygen atoms in total. The average molecular weight is 299 g/mol. The maximum absolute atomic E-state index is 12.0. The molecule has 0 radical (unpaired) electrons. The number of nitrogens with one attached hydrogen (secondary N) is 2. The Hall–Kier alpha value is -2.40. The van der Waals surface area contributed by atoms with Crippen molar-refractivity contribution in [1.29, 1.82) is 0 Å². The van der Waals surface area contributed by atoms with Crippen molar-refractivity contribution in [2.75, 3.05) is 25.6 Å². The molecule has 0 unspecified atom stereocenters. The number of hydrogen-bond acceptors (Lipinski definition) is 4. The Morgan fingerprint density at radius 1 is 1.23 bits per heavy atom. The van der Waals surface area contributed by atoms with Gasteiger partial charge in [-0.25, -0.2) is 0 Å². The van der Waals surface area contributed by atoms with Gasteiger partial charge in [-0.15, -0.1) is 0 Å². The SMILES string of the molecule is COCCNC(=O)c1cncc(Nc2c(C)cccc2C)c1. The molecule has 116 valence electrons. The van der Waals surface area contributed by atoms with Crippen LogP contribution >= 0.6 is 0 Å². The molecule has 1 heterocycles. The predicted molar refractivity (Wildman–Crippen MR) is 87.6 cm³/mol. The third-order valence-electron chi connectivity index (χ3n) is 3.34. The van der Waals surface area contributed by atoms with Gasteiger partial charge in [-0.3, -0.25) is 9.78 Å². The molecular formula is C17H21N3O2. The van der Waals surface area contributed by atoms with E-state index in [2.05, 4.69) is 15.6 Å². The van der Waals surface area contributed by atoms with Crippen LogP contribution in [0.1, 0.15) is 21.5 Å². The Kier molecular flexibility index (Phi) is 5.49. The second-order valence-corrected chi connectivity index (χ2v) is 5.10. The molecule has 0 fully saturated rings. The van der Waals surface area contributed by atoms with E-state index < -0.39 is 0 Å². The van der Waals surface area contributed by atoms with Crippen molar-refractivity contribution in [2.24, 2.45) is 0 Å². The van der Waals surface area contributed by atoms with E-state index in [-0.39, 0.29) is 5.91 Å². The summed E-state index contributed by atoms with van der Waals surface area (Å²) in [5.74, 6) is -0.158. The quantitative estimate of drug-likeness (QED) is 0.805. The molecule has 0 aliphatic rings. The molecule has 2 aromatic rings. The van der Waals surface area contributed by atoms with E-state index in [9.17, 15) is 4.79 Å². The number of anilines is 2. The highest BCUT2D eigenvalue weighted by Crippen LogP contribution is 2.24. The van der Waals surface area contributed by atoms with E-state index in [1.165, 1.54) is 0 Å². The third-order valence-corrected chi connectivity index (χ3v) is 3.34. The number of carbonyl (C=O) groups excluding carboxylic acids is 1. The van der Waals surface area contributed by atoms with E-state index in [0.29, 0.717) is 18.7 Å². The molecular weight excluding hydrogens is 278 g/mol. The van der Waals surface area contributed by atoms with Crippen molar-refractivity contribution in [1.82, 2.24) is 10.3 Å². The summed E-state index contributed by atoms with van der Waals surface area (Å²) in [5, 5.41) is 6.12. The molecule has 2 rings (SSSR count). The number of aromatic nitrogens is 1. The number of amides is 1. The summed E-state index contributed by atoms with van der Waals surface area (Å²) in [6.07, 6.45) is 3.26. The Morgan fingerprint density at radius 3 is 2.64 bits per heavy atom. The summed E-state index contributed by atoms with van der Waals surface area (Å²) in [7, 11) is 1.60. The zero-order valence-electron chi connectivity index (χ0n) is 13.1. The first-order chi connectivity index (χ1) is 10.6. The van der Waals surface area contributed by atoms with Crippen molar-refractivity contribution in [3.8, 4) is 0 Å². The molecule has 1 aromatic heterocycles. The zero-order chi connectivity index (χ0) is 15.9. The van der Waals surface area contributed by atoms with Gasteiger partial charge in [0.25, 0.3) is 5.91 Å². The molecule has 0 spiro atoms. The fourth-order valence-electron chi connectivity index (χ4n) is 2.16. The van der Waals surface area contributed by atoms with Gasteiger partial charge in [0.15, 0.2) is 0 Å². The minimum Gasteiger partial charge on any atom is -0.383 e. The van der Waals surface area contributed by atoms with E-state index in [1.54, 1.807) is 25.6 Å². The van der Waals surface area contributed by atoms with Crippen LogP contribution in [0, 0.1) is 13.8 Å². The highest BCUT2D eigenvalue weighted by molar-refractivity contribution is 5.94. The maximum Gasteiger partial charge on any atom is 0.253 e. The van der Waals surface area contributed by atoms with Crippen LogP contribution in [0.2, 0.25) is 0 Å². The fourth-order valence-corrected chi connectivity index (χ4v) is 2.16. The molecule has 0 aliphatic carbocycles. The highest BCUT2D eigenvalue weighted by atomic mass is 16.5. The van der Waals surface area contributed by atoms with Gasteiger partial charge in [-0.2, -0.15) is 0 Å². The van der Waals surface area contributed by atoms with Crippen LogP contribution in [0.4, 0.5) is 11.4 Å². The predicted octanol–water partition coefficient (Wildman–Crippen LogP) is 2.82. The van der Waals surface area contributed by atoms with Crippen molar-refractivity contribution < 1.29 is 9.53 Å². The summed E-state index contributed by atoms with van der Waals surface area (Å²) in [6.45, 7) is 5.05. The van der Waals surface area contributed by atoms with Crippen molar-refractivity contribution in [3.05, 3.63) is 53.3 Å². The molecule has 1 aromatic carbocycles. The van der Waals surface area contributed by atoms with E-state index >= 15 is 0 Å².